The summed E-state index contributed by atoms with van der Waals surface area (Å²) < 4.78 is 5.35. The summed E-state index contributed by atoms with van der Waals surface area (Å²) >= 11 is 0. The molecule has 1 amide bonds. The van der Waals surface area contributed by atoms with Gasteiger partial charge in [-0.2, -0.15) is 0 Å². The summed E-state index contributed by atoms with van der Waals surface area (Å²) in [5, 5.41) is 0. The lowest BCUT2D eigenvalue weighted by atomic mass is 9.64. The SMILES string of the molecule is COc1ccc(/N=C2/CN(c3ccccc3)C(=O)C3(CCCCC3)C2N2CCN(C)CC2)cc1. The zero-order valence-corrected chi connectivity index (χ0v) is 20.4. The second-order valence-electron chi connectivity index (χ2n) is 9.99. The number of nitrogens with zero attached hydrogens (tertiary/aromatic N) is 4. The average molecular weight is 461 g/mol. The lowest BCUT2D eigenvalue weighted by Crippen LogP contribution is -2.68. The Kier molecular flexibility index (Phi) is 6.70. The number of aliphatic imine (C=N–C) groups is 1. The molecule has 6 heteroatoms. The van der Waals surface area contributed by atoms with Crippen LogP contribution in [0, 0.1) is 5.41 Å². The van der Waals surface area contributed by atoms with Crippen LogP contribution in [-0.4, -0.2) is 74.3 Å². The molecule has 180 valence electrons. The van der Waals surface area contributed by atoms with Crippen molar-refractivity contribution in [3.05, 3.63) is 54.6 Å². The molecule has 3 aliphatic rings. The smallest absolute Gasteiger partial charge is 0.235 e. The van der Waals surface area contributed by atoms with Gasteiger partial charge >= 0.3 is 0 Å². The van der Waals surface area contributed by atoms with E-state index in [-0.39, 0.29) is 11.9 Å². The second-order valence-corrected chi connectivity index (χ2v) is 9.99. The number of benzene rings is 2. The fourth-order valence-corrected chi connectivity index (χ4v) is 6.07. The predicted octanol–water partition coefficient (Wildman–Crippen LogP) is 4.38. The fraction of sp³-hybridized carbons (Fsp3) is 0.500. The molecule has 1 spiro atoms. The molecule has 6 nitrogen and oxygen atoms in total. The first kappa shape index (κ1) is 23.1. The molecule has 1 saturated carbocycles. The Morgan fingerprint density at radius 3 is 2.24 bits per heavy atom. The van der Waals surface area contributed by atoms with Crippen molar-refractivity contribution in [3.8, 4) is 5.75 Å². The lowest BCUT2D eigenvalue weighted by Gasteiger charge is -2.54. The van der Waals surface area contributed by atoms with Gasteiger partial charge in [-0.1, -0.05) is 37.5 Å². The van der Waals surface area contributed by atoms with Crippen LogP contribution in [-0.2, 0) is 4.79 Å². The number of hydrogen-bond donors (Lipinski definition) is 0. The largest absolute Gasteiger partial charge is 0.497 e. The molecule has 0 N–H and O–H groups in total. The van der Waals surface area contributed by atoms with Gasteiger partial charge in [0.1, 0.15) is 5.75 Å². The van der Waals surface area contributed by atoms with Crippen molar-refractivity contribution < 1.29 is 9.53 Å². The molecule has 0 aromatic heterocycles. The molecule has 34 heavy (non-hydrogen) atoms. The summed E-state index contributed by atoms with van der Waals surface area (Å²) in [5.41, 5.74) is 2.59. The Labute approximate surface area is 203 Å². The number of likely N-dealkylation sites (N-methyl/N-ethyl adjacent to an activating group) is 1. The third-order valence-corrected chi connectivity index (χ3v) is 7.89. The van der Waals surface area contributed by atoms with Crippen LogP contribution in [0.5, 0.6) is 5.75 Å². The Hall–Kier alpha value is -2.70. The molecule has 2 aliphatic heterocycles. The highest BCUT2D eigenvalue weighted by Gasteiger charge is 2.55. The van der Waals surface area contributed by atoms with Crippen LogP contribution >= 0.6 is 0 Å². The number of carbonyl (C=O) groups excluding carboxylic acids is 1. The number of amides is 1. The number of piperidine rings is 1. The normalized spacial score (nSPS) is 25.1. The summed E-state index contributed by atoms with van der Waals surface area (Å²) in [6.45, 7) is 4.54. The van der Waals surface area contributed by atoms with Crippen LogP contribution in [0.15, 0.2) is 59.6 Å². The topological polar surface area (TPSA) is 48.4 Å². The Morgan fingerprint density at radius 2 is 1.59 bits per heavy atom. The van der Waals surface area contributed by atoms with Gasteiger partial charge in [0, 0.05) is 31.9 Å². The number of ether oxygens (including phenoxy) is 1. The van der Waals surface area contributed by atoms with Crippen molar-refractivity contribution in [2.24, 2.45) is 10.4 Å². The van der Waals surface area contributed by atoms with Crippen LogP contribution in [0.25, 0.3) is 0 Å². The van der Waals surface area contributed by atoms with Crippen LogP contribution in [0.1, 0.15) is 32.1 Å². The van der Waals surface area contributed by atoms with Gasteiger partial charge in [-0.15, -0.1) is 0 Å². The van der Waals surface area contributed by atoms with Gasteiger partial charge < -0.3 is 14.5 Å². The standard InChI is InChI=1S/C28H36N4O2/c1-30-17-19-31(20-18-30)26-25(29-22-11-13-24(34-2)14-12-22)21-32(23-9-5-3-6-10-23)27(33)28(26)15-7-4-8-16-28/h3,5-6,9-14,26H,4,7-8,15-21H2,1-2H3/b29-25-. The van der Waals surface area contributed by atoms with Crippen molar-refractivity contribution >= 4 is 23.0 Å². The molecule has 2 aromatic rings. The molecule has 0 bridgehead atoms. The van der Waals surface area contributed by atoms with E-state index in [2.05, 4.69) is 29.0 Å². The molecule has 2 aromatic carbocycles. The average Bonchev–Trinajstić information content (AvgIpc) is 2.89. The Balaban J connectivity index is 1.60. The van der Waals surface area contributed by atoms with Gasteiger partial charge in [0.2, 0.25) is 5.91 Å². The number of anilines is 1. The highest BCUT2D eigenvalue weighted by Crippen LogP contribution is 2.47. The number of rotatable bonds is 4. The monoisotopic (exact) mass is 460 g/mol. The number of methoxy groups -OCH3 is 1. The van der Waals surface area contributed by atoms with Gasteiger partial charge in [-0.25, -0.2) is 0 Å². The van der Waals surface area contributed by atoms with Crippen LogP contribution in [0.3, 0.4) is 0 Å². The molecule has 1 aliphatic carbocycles. The highest BCUT2D eigenvalue weighted by atomic mass is 16.5. The van der Waals surface area contributed by atoms with E-state index in [1.165, 1.54) is 6.42 Å². The summed E-state index contributed by atoms with van der Waals surface area (Å²) in [7, 11) is 3.87. The molecule has 2 saturated heterocycles. The first-order chi connectivity index (χ1) is 16.6. The second kappa shape index (κ2) is 9.88. The fourth-order valence-electron chi connectivity index (χ4n) is 6.07. The summed E-state index contributed by atoms with van der Waals surface area (Å²) in [6.07, 6.45) is 5.30. The number of carbonyl (C=O) groups is 1. The van der Waals surface area contributed by atoms with E-state index < -0.39 is 5.41 Å². The summed E-state index contributed by atoms with van der Waals surface area (Å²) in [4.78, 5) is 26.5. The first-order valence-corrected chi connectivity index (χ1v) is 12.6. The van der Waals surface area contributed by atoms with E-state index in [4.69, 9.17) is 9.73 Å². The Bertz CT molecular complexity index is 1010. The quantitative estimate of drug-likeness (QED) is 0.679. The molecular weight excluding hydrogens is 424 g/mol. The maximum atomic E-state index is 14.3. The van der Waals surface area contributed by atoms with Gasteiger partial charge in [0.15, 0.2) is 0 Å². The zero-order chi connectivity index (χ0) is 23.5. The third-order valence-electron chi connectivity index (χ3n) is 7.89. The molecule has 5 rings (SSSR count). The summed E-state index contributed by atoms with van der Waals surface area (Å²) in [6, 6.07) is 18.2. The lowest BCUT2D eigenvalue weighted by molar-refractivity contribution is -0.134. The minimum absolute atomic E-state index is 0.0519. The van der Waals surface area contributed by atoms with Crippen LogP contribution in [0.2, 0.25) is 0 Å². The molecule has 1 atom stereocenters. The molecule has 3 fully saturated rings. The molecular formula is C28H36N4O2. The maximum Gasteiger partial charge on any atom is 0.235 e. The Morgan fingerprint density at radius 1 is 0.912 bits per heavy atom. The molecule has 1 unspecified atom stereocenters. The van der Waals surface area contributed by atoms with E-state index in [0.29, 0.717) is 6.54 Å². The van der Waals surface area contributed by atoms with E-state index in [1.807, 2.05) is 47.4 Å². The van der Waals surface area contributed by atoms with Crippen molar-refractivity contribution in [2.45, 2.75) is 38.1 Å². The van der Waals surface area contributed by atoms with Crippen molar-refractivity contribution in [1.29, 1.82) is 0 Å². The van der Waals surface area contributed by atoms with Crippen molar-refractivity contribution in [1.82, 2.24) is 9.80 Å². The van der Waals surface area contributed by atoms with Crippen molar-refractivity contribution in [3.63, 3.8) is 0 Å². The van der Waals surface area contributed by atoms with Crippen LogP contribution in [0.4, 0.5) is 11.4 Å². The number of para-hydroxylation sites is 1. The molecule has 0 radical (unpaired) electrons. The minimum Gasteiger partial charge on any atom is -0.497 e. The van der Waals surface area contributed by atoms with Gasteiger partial charge in [0.05, 0.1) is 36.5 Å². The number of piperazine rings is 1. The van der Waals surface area contributed by atoms with Crippen LogP contribution < -0.4 is 9.64 Å². The van der Waals surface area contributed by atoms with E-state index in [0.717, 1.165) is 74.7 Å². The van der Waals surface area contributed by atoms with E-state index in [9.17, 15) is 4.79 Å². The van der Waals surface area contributed by atoms with E-state index in [1.54, 1.807) is 7.11 Å². The third kappa shape index (κ3) is 4.37. The highest BCUT2D eigenvalue weighted by molar-refractivity contribution is 6.13. The van der Waals surface area contributed by atoms with Gasteiger partial charge in [-0.3, -0.25) is 14.7 Å². The number of hydrogen-bond acceptors (Lipinski definition) is 5. The van der Waals surface area contributed by atoms with E-state index >= 15 is 0 Å². The van der Waals surface area contributed by atoms with Crippen molar-refractivity contribution in [2.75, 3.05) is 51.8 Å². The molecule has 2 heterocycles. The zero-order valence-electron chi connectivity index (χ0n) is 20.4. The van der Waals surface area contributed by atoms with Gasteiger partial charge in [0.25, 0.3) is 0 Å². The maximum absolute atomic E-state index is 14.3. The summed E-state index contributed by atoms with van der Waals surface area (Å²) in [5.74, 6) is 1.11. The van der Waals surface area contributed by atoms with Gasteiger partial charge in [-0.05, 0) is 56.3 Å². The predicted molar refractivity (Wildman–Crippen MR) is 137 cm³/mol. The minimum atomic E-state index is -0.409. The first-order valence-electron chi connectivity index (χ1n) is 12.6.